The summed E-state index contributed by atoms with van der Waals surface area (Å²) in [5.41, 5.74) is 0.756. The maximum absolute atomic E-state index is 12.7. The highest BCUT2D eigenvalue weighted by Crippen LogP contribution is 2.38. The molecule has 0 radical (unpaired) electrons. The molecule has 6 atom stereocenters. The normalized spacial score (nSPS) is 29.1. The zero-order valence-corrected chi connectivity index (χ0v) is 16.9. The quantitative estimate of drug-likeness (QED) is 0.722. The molecule has 1 aromatic rings. The Balaban J connectivity index is 1.62. The number of ether oxygens (including phenoxy) is 2. The Morgan fingerprint density at radius 1 is 1.14 bits per heavy atom. The number of benzene rings is 1. The molecule has 1 N–H and O–H groups in total. The monoisotopic (exact) mass is 389 g/mol. The van der Waals surface area contributed by atoms with Crippen LogP contribution in [0.2, 0.25) is 0 Å². The second kappa shape index (κ2) is 9.05. The van der Waals surface area contributed by atoms with Gasteiger partial charge in [-0.15, -0.1) is 0 Å². The highest BCUT2D eigenvalue weighted by Gasteiger charge is 2.48. The van der Waals surface area contributed by atoms with Crippen LogP contribution in [0.1, 0.15) is 51.0 Å². The third-order valence-electron chi connectivity index (χ3n) is 6.31. The SMILES string of the molecule is CCC(C)C(=O)OC1CC2CC(OC(=O)[C@H](CO)c3ccccc3)CC1N2C. The summed E-state index contributed by atoms with van der Waals surface area (Å²) in [5.74, 6) is -1.31. The third kappa shape index (κ3) is 4.39. The number of aliphatic hydroxyl groups excluding tert-OH is 1. The van der Waals surface area contributed by atoms with Crippen LogP contribution in [0.3, 0.4) is 0 Å². The summed E-state index contributed by atoms with van der Waals surface area (Å²) in [6, 6.07) is 9.51. The van der Waals surface area contributed by atoms with Crippen molar-refractivity contribution in [1.82, 2.24) is 4.90 Å². The Hall–Kier alpha value is -1.92. The number of rotatable bonds is 7. The fourth-order valence-corrected chi connectivity index (χ4v) is 4.28. The summed E-state index contributed by atoms with van der Waals surface area (Å²) in [5, 5.41) is 9.69. The first kappa shape index (κ1) is 20.8. The van der Waals surface area contributed by atoms with Gasteiger partial charge in [-0.25, -0.2) is 0 Å². The van der Waals surface area contributed by atoms with Gasteiger partial charge < -0.3 is 14.6 Å². The van der Waals surface area contributed by atoms with Gasteiger partial charge >= 0.3 is 11.9 Å². The van der Waals surface area contributed by atoms with Crippen LogP contribution in [-0.4, -0.2) is 59.9 Å². The molecular formula is C22H31NO5. The van der Waals surface area contributed by atoms with Gasteiger partial charge in [0, 0.05) is 25.3 Å². The van der Waals surface area contributed by atoms with Gasteiger partial charge in [-0.1, -0.05) is 44.2 Å². The van der Waals surface area contributed by atoms with Gasteiger partial charge in [-0.2, -0.15) is 0 Å². The first-order chi connectivity index (χ1) is 13.4. The Morgan fingerprint density at radius 3 is 2.50 bits per heavy atom. The summed E-state index contributed by atoms with van der Waals surface area (Å²) < 4.78 is 11.6. The van der Waals surface area contributed by atoms with E-state index in [0.29, 0.717) is 6.42 Å². The fraction of sp³-hybridized carbons (Fsp3) is 0.636. The summed E-state index contributed by atoms with van der Waals surface area (Å²) in [6.07, 6.45) is 2.54. The van der Waals surface area contributed by atoms with E-state index in [-0.39, 0.29) is 42.8 Å². The summed E-state index contributed by atoms with van der Waals surface area (Å²) in [7, 11) is 2.05. The van der Waals surface area contributed by atoms with E-state index in [4.69, 9.17) is 9.47 Å². The lowest BCUT2D eigenvalue weighted by molar-refractivity contribution is -0.159. The minimum Gasteiger partial charge on any atom is -0.462 e. The van der Waals surface area contributed by atoms with Crippen molar-refractivity contribution in [1.29, 1.82) is 0 Å². The average Bonchev–Trinajstić information content (AvgIpc) is 2.86. The van der Waals surface area contributed by atoms with Gasteiger partial charge in [0.05, 0.1) is 18.6 Å². The molecule has 0 aliphatic carbocycles. The number of carbonyl (C=O) groups excluding carboxylic acids is 2. The van der Waals surface area contributed by atoms with Crippen LogP contribution >= 0.6 is 0 Å². The van der Waals surface area contributed by atoms with Gasteiger partial charge in [-0.3, -0.25) is 14.5 Å². The topological polar surface area (TPSA) is 76.1 Å². The molecule has 5 unspecified atom stereocenters. The highest BCUT2D eigenvalue weighted by atomic mass is 16.6. The molecule has 0 saturated carbocycles. The molecule has 2 aliphatic rings. The highest BCUT2D eigenvalue weighted by molar-refractivity contribution is 5.78. The van der Waals surface area contributed by atoms with E-state index < -0.39 is 11.9 Å². The molecule has 6 nitrogen and oxygen atoms in total. The van der Waals surface area contributed by atoms with Crippen molar-refractivity contribution >= 4 is 11.9 Å². The molecule has 2 aliphatic heterocycles. The standard InChI is InChI=1S/C22H31NO5/c1-4-14(2)21(25)28-20-11-16-10-17(12-19(20)23(16)3)27-22(26)18(13-24)15-8-6-5-7-9-15/h5-9,14,16-20,24H,4,10-13H2,1-3H3/t14?,16?,17?,18-,19?,20?/m1/s1. The molecule has 0 amide bonds. The molecule has 2 heterocycles. The van der Waals surface area contributed by atoms with E-state index in [1.807, 2.05) is 51.2 Å². The van der Waals surface area contributed by atoms with Crippen LogP contribution in [-0.2, 0) is 19.1 Å². The lowest BCUT2D eigenvalue weighted by Crippen LogP contribution is -2.46. The molecule has 2 saturated heterocycles. The molecule has 2 fully saturated rings. The number of nitrogens with zero attached hydrogens (tertiary/aromatic N) is 1. The largest absolute Gasteiger partial charge is 0.462 e. The Labute approximate surface area is 166 Å². The zero-order chi connectivity index (χ0) is 20.3. The first-order valence-corrected chi connectivity index (χ1v) is 10.2. The maximum atomic E-state index is 12.7. The van der Waals surface area contributed by atoms with E-state index >= 15 is 0 Å². The van der Waals surface area contributed by atoms with E-state index in [0.717, 1.165) is 24.8 Å². The van der Waals surface area contributed by atoms with Crippen molar-refractivity contribution in [2.45, 2.75) is 69.7 Å². The number of aliphatic hydroxyl groups is 1. The van der Waals surface area contributed by atoms with Crippen molar-refractivity contribution in [3.05, 3.63) is 35.9 Å². The minimum absolute atomic E-state index is 0.0638. The number of hydrogen-bond acceptors (Lipinski definition) is 6. The zero-order valence-electron chi connectivity index (χ0n) is 16.9. The molecule has 154 valence electrons. The van der Waals surface area contributed by atoms with Gasteiger partial charge in [0.15, 0.2) is 0 Å². The van der Waals surface area contributed by atoms with E-state index in [9.17, 15) is 14.7 Å². The lowest BCUT2D eigenvalue weighted by atomic mass is 9.98. The maximum Gasteiger partial charge on any atom is 0.316 e. The van der Waals surface area contributed by atoms with Crippen LogP contribution in [0.4, 0.5) is 0 Å². The number of hydrogen-bond donors (Lipinski definition) is 1. The van der Waals surface area contributed by atoms with E-state index in [2.05, 4.69) is 4.90 Å². The van der Waals surface area contributed by atoms with Crippen molar-refractivity contribution in [3.63, 3.8) is 0 Å². The molecule has 0 aromatic heterocycles. The number of likely N-dealkylation sites (N-methyl/N-ethyl adjacent to an activating group) is 1. The molecule has 28 heavy (non-hydrogen) atoms. The molecule has 0 spiro atoms. The van der Waals surface area contributed by atoms with Gasteiger partial charge in [0.2, 0.25) is 0 Å². The number of esters is 2. The van der Waals surface area contributed by atoms with Crippen LogP contribution in [0.5, 0.6) is 0 Å². The average molecular weight is 389 g/mol. The van der Waals surface area contributed by atoms with Crippen LogP contribution < -0.4 is 0 Å². The summed E-state index contributed by atoms with van der Waals surface area (Å²) in [4.78, 5) is 27.1. The first-order valence-electron chi connectivity index (χ1n) is 10.2. The Morgan fingerprint density at radius 2 is 1.86 bits per heavy atom. The molecule has 6 heteroatoms. The minimum atomic E-state index is -0.669. The molecule has 1 aromatic carbocycles. The van der Waals surface area contributed by atoms with Gasteiger partial charge in [0.1, 0.15) is 18.1 Å². The Bertz CT molecular complexity index is 679. The number of carbonyl (C=O) groups is 2. The van der Waals surface area contributed by atoms with Crippen LogP contribution in [0, 0.1) is 5.92 Å². The lowest BCUT2D eigenvalue weighted by Gasteiger charge is -2.36. The number of fused-ring (bicyclic) bond motifs is 2. The molecule has 3 rings (SSSR count). The third-order valence-corrected chi connectivity index (χ3v) is 6.31. The van der Waals surface area contributed by atoms with Crippen LogP contribution in [0.25, 0.3) is 0 Å². The summed E-state index contributed by atoms with van der Waals surface area (Å²) >= 11 is 0. The predicted octanol–water partition coefficient (Wildman–Crippen LogP) is 2.50. The predicted molar refractivity (Wildman–Crippen MR) is 105 cm³/mol. The second-order valence-corrected chi connectivity index (χ2v) is 8.08. The Kier molecular flexibility index (Phi) is 6.73. The summed E-state index contributed by atoms with van der Waals surface area (Å²) in [6.45, 7) is 3.58. The molecule has 2 bridgehead atoms. The second-order valence-electron chi connectivity index (χ2n) is 8.08. The van der Waals surface area contributed by atoms with Crippen molar-refractivity contribution in [2.75, 3.05) is 13.7 Å². The van der Waals surface area contributed by atoms with Crippen molar-refractivity contribution in [2.24, 2.45) is 5.92 Å². The van der Waals surface area contributed by atoms with Gasteiger partial charge in [0.25, 0.3) is 0 Å². The van der Waals surface area contributed by atoms with Crippen LogP contribution in [0.15, 0.2) is 30.3 Å². The number of piperidine rings is 1. The smallest absolute Gasteiger partial charge is 0.316 e. The van der Waals surface area contributed by atoms with E-state index in [1.165, 1.54) is 0 Å². The van der Waals surface area contributed by atoms with E-state index in [1.54, 1.807) is 0 Å². The van der Waals surface area contributed by atoms with Gasteiger partial charge in [-0.05, 0) is 19.0 Å². The molecular weight excluding hydrogens is 358 g/mol. The van der Waals surface area contributed by atoms with Crippen molar-refractivity contribution < 1.29 is 24.2 Å². The van der Waals surface area contributed by atoms with Crippen molar-refractivity contribution in [3.8, 4) is 0 Å². The fourth-order valence-electron chi connectivity index (χ4n) is 4.28.